The smallest absolute Gasteiger partial charge is 0.139 e. The summed E-state index contributed by atoms with van der Waals surface area (Å²) in [5, 5.41) is 8.56. The van der Waals surface area contributed by atoms with Crippen LogP contribution >= 0.6 is 23.2 Å². The highest BCUT2D eigenvalue weighted by atomic mass is 35.5. The van der Waals surface area contributed by atoms with Crippen molar-refractivity contribution in [1.29, 1.82) is 5.41 Å². The van der Waals surface area contributed by atoms with Gasteiger partial charge in [0.2, 0.25) is 0 Å². The van der Waals surface area contributed by atoms with E-state index in [1.807, 2.05) is 18.2 Å². The molecule has 0 aromatic heterocycles. The number of nitrogen functional groups attached to an aromatic ring is 1. The van der Waals surface area contributed by atoms with E-state index in [1.165, 1.54) is 0 Å². The van der Waals surface area contributed by atoms with Crippen LogP contribution in [0.1, 0.15) is 11.1 Å². The second-order valence-electron chi connectivity index (χ2n) is 3.93. The van der Waals surface area contributed by atoms with E-state index in [1.54, 1.807) is 24.3 Å². The Labute approximate surface area is 121 Å². The van der Waals surface area contributed by atoms with Crippen molar-refractivity contribution in [3.63, 3.8) is 0 Å². The van der Waals surface area contributed by atoms with Crippen molar-refractivity contribution in [1.82, 2.24) is 0 Å². The molecule has 0 heterocycles. The zero-order chi connectivity index (χ0) is 13.8. The average Bonchev–Trinajstić information content (AvgIpc) is 2.40. The summed E-state index contributed by atoms with van der Waals surface area (Å²) < 4.78 is 5.63. The predicted molar refractivity (Wildman–Crippen MR) is 78.3 cm³/mol. The highest BCUT2D eigenvalue weighted by molar-refractivity contribution is 6.34. The molecule has 3 N–H and O–H groups in total. The Balaban J connectivity index is 2.19. The van der Waals surface area contributed by atoms with Gasteiger partial charge in [0.05, 0.1) is 5.02 Å². The zero-order valence-electron chi connectivity index (χ0n) is 9.99. The maximum atomic E-state index is 7.51. The van der Waals surface area contributed by atoms with Crippen molar-refractivity contribution in [3.05, 3.63) is 63.6 Å². The SMILES string of the molecule is N=C(N)c1ccccc1COc1cc(Cl)ccc1Cl. The van der Waals surface area contributed by atoms with Crippen molar-refractivity contribution in [2.75, 3.05) is 0 Å². The molecule has 0 unspecified atom stereocenters. The molecular weight excluding hydrogens is 283 g/mol. The summed E-state index contributed by atoms with van der Waals surface area (Å²) in [5.74, 6) is 0.518. The Morgan fingerprint density at radius 3 is 2.63 bits per heavy atom. The molecule has 2 aromatic carbocycles. The van der Waals surface area contributed by atoms with Gasteiger partial charge in [-0.15, -0.1) is 0 Å². The molecule has 0 amide bonds. The van der Waals surface area contributed by atoms with Crippen LogP contribution in [0.4, 0.5) is 0 Å². The number of rotatable bonds is 4. The molecule has 2 aromatic rings. The first kappa shape index (κ1) is 13.7. The normalized spacial score (nSPS) is 10.2. The molecule has 0 saturated heterocycles. The molecule has 3 nitrogen and oxygen atoms in total. The van der Waals surface area contributed by atoms with Gasteiger partial charge in [-0.2, -0.15) is 0 Å². The van der Waals surface area contributed by atoms with E-state index in [2.05, 4.69) is 0 Å². The van der Waals surface area contributed by atoms with E-state index in [0.717, 1.165) is 5.56 Å². The molecule has 0 aliphatic heterocycles. The molecule has 0 spiro atoms. The summed E-state index contributed by atoms with van der Waals surface area (Å²) in [6.45, 7) is 0.274. The molecule has 0 fully saturated rings. The van der Waals surface area contributed by atoms with Gasteiger partial charge in [0, 0.05) is 22.2 Å². The number of halogens is 2. The predicted octanol–water partition coefficient (Wildman–Crippen LogP) is 3.86. The fourth-order valence-electron chi connectivity index (χ4n) is 1.65. The number of nitrogens with one attached hydrogen (secondary N) is 1. The van der Waals surface area contributed by atoms with Gasteiger partial charge in [-0.3, -0.25) is 5.41 Å². The van der Waals surface area contributed by atoms with Gasteiger partial charge >= 0.3 is 0 Å². The summed E-state index contributed by atoms with van der Waals surface area (Å²) in [6, 6.07) is 12.4. The van der Waals surface area contributed by atoms with E-state index >= 15 is 0 Å². The topological polar surface area (TPSA) is 59.1 Å². The fourth-order valence-corrected chi connectivity index (χ4v) is 1.99. The summed E-state index contributed by atoms with van der Waals surface area (Å²) in [7, 11) is 0. The van der Waals surface area contributed by atoms with Crippen LogP contribution < -0.4 is 10.5 Å². The fraction of sp³-hybridized carbons (Fsp3) is 0.0714. The Hall–Kier alpha value is -1.71. The third-order valence-electron chi connectivity index (χ3n) is 2.58. The van der Waals surface area contributed by atoms with Gasteiger partial charge in [-0.05, 0) is 12.1 Å². The average molecular weight is 295 g/mol. The van der Waals surface area contributed by atoms with Crippen LogP contribution in [0.2, 0.25) is 10.0 Å². The van der Waals surface area contributed by atoms with Crippen LogP contribution in [0, 0.1) is 5.41 Å². The molecule has 0 atom stereocenters. The van der Waals surface area contributed by atoms with Gasteiger partial charge in [0.25, 0.3) is 0 Å². The highest BCUT2D eigenvalue weighted by Crippen LogP contribution is 2.28. The van der Waals surface area contributed by atoms with Crippen LogP contribution in [0.5, 0.6) is 5.75 Å². The maximum Gasteiger partial charge on any atom is 0.139 e. The largest absolute Gasteiger partial charge is 0.487 e. The Bertz CT molecular complexity index is 614. The molecule has 0 aliphatic rings. The van der Waals surface area contributed by atoms with Crippen molar-refractivity contribution in [2.24, 2.45) is 5.73 Å². The number of nitrogens with two attached hydrogens (primary N) is 1. The minimum atomic E-state index is 0.0105. The first-order valence-electron chi connectivity index (χ1n) is 5.58. The molecule has 0 bridgehead atoms. The van der Waals surface area contributed by atoms with Crippen LogP contribution in [-0.4, -0.2) is 5.84 Å². The van der Waals surface area contributed by atoms with Gasteiger partial charge in [-0.1, -0.05) is 47.5 Å². The Kier molecular flexibility index (Phi) is 4.30. The van der Waals surface area contributed by atoms with Gasteiger partial charge in [0.1, 0.15) is 18.2 Å². The number of amidine groups is 1. The van der Waals surface area contributed by atoms with Crippen molar-refractivity contribution in [3.8, 4) is 5.75 Å². The minimum Gasteiger partial charge on any atom is -0.487 e. The number of ether oxygens (including phenoxy) is 1. The van der Waals surface area contributed by atoms with Gasteiger partial charge in [-0.25, -0.2) is 0 Å². The quantitative estimate of drug-likeness (QED) is 0.664. The van der Waals surface area contributed by atoms with E-state index in [4.69, 9.17) is 39.1 Å². The highest BCUT2D eigenvalue weighted by Gasteiger charge is 2.07. The monoisotopic (exact) mass is 294 g/mol. The summed E-state index contributed by atoms with van der Waals surface area (Å²) in [5.41, 5.74) is 7.00. The third kappa shape index (κ3) is 3.40. The second kappa shape index (κ2) is 5.95. The lowest BCUT2D eigenvalue weighted by Gasteiger charge is -2.11. The first-order valence-corrected chi connectivity index (χ1v) is 6.33. The Morgan fingerprint density at radius 2 is 1.89 bits per heavy atom. The van der Waals surface area contributed by atoms with Crippen molar-refractivity contribution < 1.29 is 4.74 Å². The molecule has 0 aliphatic carbocycles. The molecule has 98 valence electrons. The van der Waals surface area contributed by atoms with E-state index in [9.17, 15) is 0 Å². The number of benzene rings is 2. The Morgan fingerprint density at radius 1 is 1.16 bits per heavy atom. The molecule has 0 saturated carbocycles. The van der Waals surface area contributed by atoms with E-state index < -0.39 is 0 Å². The zero-order valence-corrected chi connectivity index (χ0v) is 11.5. The maximum absolute atomic E-state index is 7.51. The van der Waals surface area contributed by atoms with E-state index in [-0.39, 0.29) is 12.4 Å². The minimum absolute atomic E-state index is 0.0105. The molecule has 2 rings (SSSR count). The molecular formula is C14H12Cl2N2O. The molecule has 5 heteroatoms. The summed E-state index contributed by atoms with van der Waals surface area (Å²) >= 11 is 11.9. The lowest BCUT2D eigenvalue weighted by Crippen LogP contribution is -2.14. The van der Waals surface area contributed by atoms with Crippen LogP contribution in [0.15, 0.2) is 42.5 Å². The summed E-state index contributed by atoms with van der Waals surface area (Å²) in [6.07, 6.45) is 0. The lowest BCUT2D eigenvalue weighted by atomic mass is 10.1. The van der Waals surface area contributed by atoms with Crippen molar-refractivity contribution in [2.45, 2.75) is 6.61 Å². The van der Waals surface area contributed by atoms with Crippen LogP contribution in [0.25, 0.3) is 0 Å². The molecule has 0 radical (unpaired) electrons. The van der Waals surface area contributed by atoms with Gasteiger partial charge in [0.15, 0.2) is 0 Å². The summed E-state index contributed by atoms with van der Waals surface area (Å²) in [4.78, 5) is 0. The molecule has 19 heavy (non-hydrogen) atoms. The van der Waals surface area contributed by atoms with Crippen LogP contribution in [0.3, 0.4) is 0 Å². The standard InChI is InChI=1S/C14H12Cl2N2O/c15-10-5-6-12(16)13(7-10)19-8-9-3-1-2-4-11(9)14(17)18/h1-7H,8H2,(H3,17,18). The number of hydrogen-bond acceptors (Lipinski definition) is 2. The van der Waals surface area contributed by atoms with Gasteiger partial charge < -0.3 is 10.5 Å². The lowest BCUT2D eigenvalue weighted by molar-refractivity contribution is 0.306. The second-order valence-corrected chi connectivity index (χ2v) is 4.78. The van der Waals surface area contributed by atoms with Crippen molar-refractivity contribution >= 4 is 29.0 Å². The van der Waals surface area contributed by atoms with Crippen LogP contribution in [-0.2, 0) is 6.61 Å². The van der Waals surface area contributed by atoms with E-state index in [0.29, 0.717) is 21.4 Å². The number of hydrogen-bond donors (Lipinski definition) is 2. The third-order valence-corrected chi connectivity index (χ3v) is 3.13. The first-order chi connectivity index (χ1) is 9.08.